The van der Waals surface area contributed by atoms with Crippen molar-refractivity contribution >= 4 is 10.0 Å². The minimum atomic E-state index is -3.35. The number of piperidine rings is 1. The van der Waals surface area contributed by atoms with Crippen LogP contribution in [0.15, 0.2) is 41.3 Å². The Labute approximate surface area is 115 Å². The SMILES string of the molecule is Cc1ccc(S(=O)(=O)N2CCC3CC=CC2C3)cc1. The molecular formula is C15H19NO2S. The second-order valence-corrected chi connectivity index (χ2v) is 7.44. The Kier molecular flexibility index (Phi) is 3.23. The lowest BCUT2D eigenvalue weighted by Crippen LogP contribution is -2.46. The highest BCUT2D eigenvalue weighted by atomic mass is 32.2. The molecule has 1 aliphatic carbocycles. The summed E-state index contributed by atoms with van der Waals surface area (Å²) in [7, 11) is -3.35. The predicted molar refractivity (Wildman–Crippen MR) is 75.3 cm³/mol. The van der Waals surface area contributed by atoms with E-state index >= 15 is 0 Å². The third kappa shape index (κ3) is 2.35. The van der Waals surface area contributed by atoms with Crippen LogP contribution in [0.3, 0.4) is 0 Å². The van der Waals surface area contributed by atoms with Crippen molar-refractivity contribution in [1.29, 1.82) is 0 Å². The number of nitrogens with zero attached hydrogens (tertiary/aromatic N) is 1. The Morgan fingerprint density at radius 3 is 2.68 bits per heavy atom. The molecular weight excluding hydrogens is 258 g/mol. The maximum Gasteiger partial charge on any atom is 0.243 e. The first kappa shape index (κ1) is 12.9. The van der Waals surface area contributed by atoms with Crippen LogP contribution >= 0.6 is 0 Å². The number of aryl methyl sites for hydroxylation is 1. The van der Waals surface area contributed by atoms with Gasteiger partial charge in [-0.25, -0.2) is 8.42 Å². The molecule has 0 aromatic heterocycles. The van der Waals surface area contributed by atoms with E-state index in [-0.39, 0.29) is 6.04 Å². The van der Waals surface area contributed by atoms with Crippen LogP contribution in [0.25, 0.3) is 0 Å². The van der Waals surface area contributed by atoms with Crippen LogP contribution < -0.4 is 0 Å². The Bertz CT molecular complexity index is 589. The molecule has 2 atom stereocenters. The van der Waals surface area contributed by atoms with Crippen molar-refractivity contribution in [3.05, 3.63) is 42.0 Å². The zero-order valence-electron chi connectivity index (χ0n) is 11.1. The van der Waals surface area contributed by atoms with E-state index in [1.54, 1.807) is 16.4 Å². The smallest absolute Gasteiger partial charge is 0.207 e. The summed E-state index contributed by atoms with van der Waals surface area (Å²) in [6, 6.07) is 7.19. The van der Waals surface area contributed by atoms with Crippen molar-refractivity contribution in [2.24, 2.45) is 5.92 Å². The van der Waals surface area contributed by atoms with Crippen LogP contribution in [-0.4, -0.2) is 25.3 Å². The number of benzene rings is 1. The first-order chi connectivity index (χ1) is 9.07. The van der Waals surface area contributed by atoms with Gasteiger partial charge in [-0.05, 0) is 44.2 Å². The average molecular weight is 277 g/mol. The van der Waals surface area contributed by atoms with Crippen LogP contribution in [0.2, 0.25) is 0 Å². The third-order valence-electron chi connectivity index (χ3n) is 4.16. The summed E-state index contributed by atoms with van der Waals surface area (Å²) in [5, 5.41) is 0. The standard InChI is InChI=1S/C15H19NO2S/c1-12-5-7-15(8-6-12)19(17,18)16-10-9-13-3-2-4-14(16)11-13/h2,4-8,13-14H,3,9-11H2,1H3. The van der Waals surface area contributed by atoms with Gasteiger partial charge in [0.15, 0.2) is 0 Å². The number of sulfonamides is 1. The number of fused-ring (bicyclic) bond motifs is 2. The van der Waals surface area contributed by atoms with Crippen molar-refractivity contribution in [3.63, 3.8) is 0 Å². The first-order valence-electron chi connectivity index (χ1n) is 6.82. The van der Waals surface area contributed by atoms with Crippen LogP contribution in [0.4, 0.5) is 0 Å². The third-order valence-corrected chi connectivity index (χ3v) is 6.10. The molecule has 102 valence electrons. The van der Waals surface area contributed by atoms with Crippen molar-refractivity contribution in [1.82, 2.24) is 4.31 Å². The lowest BCUT2D eigenvalue weighted by Gasteiger charge is -2.39. The van der Waals surface area contributed by atoms with Gasteiger partial charge < -0.3 is 0 Å². The van der Waals surface area contributed by atoms with Crippen LogP contribution in [-0.2, 0) is 10.0 Å². The van der Waals surface area contributed by atoms with Gasteiger partial charge in [0.2, 0.25) is 10.0 Å². The van der Waals surface area contributed by atoms with Gasteiger partial charge in [0, 0.05) is 12.6 Å². The van der Waals surface area contributed by atoms with E-state index in [4.69, 9.17) is 0 Å². The lowest BCUT2D eigenvalue weighted by molar-refractivity contribution is 0.218. The van der Waals surface area contributed by atoms with E-state index in [1.807, 2.05) is 19.1 Å². The normalized spacial score (nSPS) is 27.4. The fraction of sp³-hybridized carbons (Fsp3) is 0.467. The topological polar surface area (TPSA) is 37.4 Å². The minimum absolute atomic E-state index is 0.0544. The molecule has 4 heteroatoms. The second-order valence-electron chi connectivity index (χ2n) is 5.55. The summed E-state index contributed by atoms with van der Waals surface area (Å²) in [4.78, 5) is 0.413. The zero-order chi connectivity index (χ0) is 13.5. The molecule has 0 saturated carbocycles. The second kappa shape index (κ2) is 4.76. The molecule has 1 fully saturated rings. The summed E-state index contributed by atoms with van der Waals surface area (Å²) < 4.78 is 27.1. The highest BCUT2D eigenvalue weighted by Crippen LogP contribution is 2.34. The largest absolute Gasteiger partial charge is 0.243 e. The maximum atomic E-state index is 12.7. The van der Waals surface area contributed by atoms with Gasteiger partial charge in [0.25, 0.3) is 0 Å². The Morgan fingerprint density at radius 1 is 1.21 bits per heavy atom. The molecule has 2 unspecified atom stereocenters. The van der Waals surface area contributed by atoms with Gasteiger partial charge in [-0.15, -0.1) is 0 Å². The van der Waals surface area contributed by atoms with Gasteiger partial charge in [-0.1, -0.05) is 29.8 Å². The van der Waals surface area contributed by atoms with Crippen molar-refractivity contribution in [2.45, 2.75) is 37.1 Å². The van der Waals surface area contributed by atoms with Crippen LogP contribution in [0.1, 0.15) is 24.8 Å². The zero-order valence-corrected chi connectivity index (χ0v) is 11.9. The van der Waals surface area contributed by atoms with Gasteiger partial charge in [0.05, 0.1) is 4.90 Å². The molecule has 0 N–H and O–H groups in total. The molecule has 2 bridgehead atoms. The summed E-state index contributed by atoms with van der Waals surface area (Å²) in [5.74, 6) is 0.666. The first-order valence-corrected chi connectivity index (χ1v) is 8.26. The Balaban J connectivity index is 1.94. The Hall–Kier alpha value is -1.13. The van der Waals surface area contributed by atoms with Gasteiger partial charge in [-0.3, -0.25) is 0 Å². The summed E-state index contributed by atoms with van der Waals surface area (Å²) in [6.45, 7) is 2.61. The fourth-order valence-corrected chi connectivity index (χ4v) is 4.62. The molecule has 0 amide bonds. The molecule has 1 aliphatic heterocycles. The summed E-state index contributed by atoms with van der Waals surface area (Å²) in [5.41, 5.74) is 1.08. The van der Waals surface area contributed by atoms with Crippen LogP contribution in [0, 0.1) is 12.8 Å². The molecule has 1 aromatic carbocycles. The maximum absolute atomic E-state index is 12.7. The average Bonchev–Trinajstić information content (AvgIpc) is 2.39. The Morgan fingerprint density at radius 2 is 1.95 bits per heavy atom. The van der Waals surface area contributed by atoms with E-state index in [0.717, 1.165) is 24.8 Å². The highest BCUT2D eigenvalue weighted by Gasteiger charge is 2.36. The molecule has 3 nitrogen and oxygen atoms in total. The van der Waals surface area contributed by atoms with E-state index in [2.05, 4.69) is 12.2 Å². The summed E-state index contributed by atoms with van der Waals surface area (Å²) in [6.07, 6.45) is 7.25. The number of allylic oxidation sites excluding steroid dienone is 1. The lowest BCUT2D eigenvalue weighted by atomic mass is 9.85. The fourth-order valence-electron chi connectivity index (χ4n) is 3.01. The predicted octanol–water partition coefficient (Wildman–Crippen LogP) is 2.72. The molecule has 0 spiro atoms. The van der Waals surface area contributed by atoms with Crippen molar-refractivity contribution in [2.75, 3.05) is 6.54 Å². The van der Waals surface area contributed by atoms with Gasteiger partial charge >= 0.3 is 0 Å². The number of hydrogen-bond acceptors (Lipinski definition) is 2. The van der Waals surface area contributed by atoms with E-state index in [0.29, 0.717) is 17.4 Å². The molecule has 19 heavy (non-hydrogen) atoms. The highest BCUT2D eigenvalue weighted by molar-refractivity contribution is 7.89. The molecule has 1 aromatic rings. The molecule has 1 heterocycles. The number of hydrogen-bond donors (Lipinski definition) is 0. The summed E-state index contributed by atoms with van der Waals surface area (Å²) >= 11 is 0. The monoisotopic (exact) mass is 277 g/mol. The van der Waals surface area contributed by atoms with Gasteiger partial charge in [-0.2, -0.15) is 4.31 Å². The minimum Gasteiger partial charge on any atom is -0.207 e. The van der Waals surface area contributed by atoms with Crippen LogP contribution in [0.5, 0.6) is 0 Å². The molecule has 0 radical (unpaired) electrons. The van der Waals surface area contributed by atoms with E-state index in [1.165, 1.54) is 0 Å². The van der Waals surface area contributed by atoms with Crippen molar-refractivity contribution in [3.8, 4) is 0 Å². The van der Waals surface area contributed by atoms with Gasteiger partial charge in [0.1, 0.15) is 0 Å². The molecule has 1 saturated heterocycles. The van der Waals surface area contributed by atoms with E-state index < -0.39 is 10.0 Å². The number of rotatable bonds is 2. The quantitative estimate of drug-likeness (QED) is 0.779. The van der Waals surface area contributed by atoms with E-state index in [9.17, 15) is 8.42 Å². The molecule has 2 aliphatic rings. The van der Waals surface area contributed by atoms with Crippen molar-refractivity contribution < 1.29 is 8.42 Å². The molecule has 3 rings (SSSR count).